The van der Waals surface area contributed by atoms with Gasteiger partial charge in [0.05, 0.1) is 13.2 Å². The first-order chi connectivity index (χ1) is 12.1. The van der Waals surface area contributed by atoms with E-state index in [0.29, 0.717) is 25.2 Å². The van der Waals surface area contributed by atoms with Crippen molar-refractivity contribution in [3.8, 4) is 0 Å². The van der Waals surface area contributed by atoms with Crippen molar-refractivity contribution in [3.63, 3.8) is 0 Å². The molecule has 5 N–H and O–H groups in total. The van der Waals surface area contributed by atoms with Crippen molar-refractivity contribution in [2.75, 3.05) is 51.2 Å². The summed E-state index contributed by atoms with van der Waals surface area (Å²) in [4.78, 5) is 28.2. The van der Waals surface area contributed by atoms with Crippen LogP contribution in [0.5, 0.6) is 0 Å². The molecule has 1 aliphatic rings. The molecule has 0 aliphatic carbocycles. The van der Waals surface area contributed by atoms with E-state index >= 15 is 0 Å². The second-order valence-electron chi connectivity index (χ2n) is 5.71. The Kier molecular flexibility index (Phi) is 7.24. The van der Waals surface area contributed by atoms with Crippen LogP contribution in [-0.4, -0.2) is 72.6 Å². The monoisotopic (exact) mass is 347 g/mol. The molecular weight excluding hydrogens is 322 g/mol. The fourth-order valence-electron chi connectivity index (χ4n) is 2.59. The number of anilines is 1. The topological polar surface area (TPSA) is 111 Å². The maximum absolute atomic E-state index is 12.2. The molecule has 2 rings (SSSR count). The van der Waals surface area contributed by atoms with Crippen molar-refractivity contribution in [3.05, 3.63) is 42.2 Å². The summed E-state index contributed by atoms with van der Waals surface area (Å²) < 4.78 is 0. The third kappa shape index (κ3) is 5.77. The molecule has 0 atom stereocenters. The van der Waals surface area contributed by atoms with Crippen molar-refractivity contribution in [1.29, 1.82) is 0 Å². The number of nitrogens with two attached hydrogens (primary N) is 1. The predicted octanol–water partition coefficient (Wildman–Crippen LogP) is -0.605. The standard InChI is InChI=1S/C17H25N5O3/c18-5-6-19-15-3-1-14(2-4-15)17(25)20-13-16(24)22-9-7-21(8-10-22)11-12-23/h1-6,19,23H,7-13,18H2,(H,20,25)/b6-5-. The van der Waals surface area contributed by atoms with Crippen LogP contribution in [-0.2, 0) is 4.79 Å². The molecule has 0 unspecified atom stereocenters. The summed E-state index contributed by atoms with van der Waals surface area (Å²) in [6.45, 7) is 3.45. The molecule has 8 nitrogen and oxygen atoms in total. The number of aliphatic hydroxyl groups is 1. The summed E-state index contributed by atoms with van der Waals surface area (Å²) in [5, 5.41) is 14.5. The Labute approximate surface area is 147 Å². The highest BCUT2D eigenvalue weighted by Crippen LogP contribution is 2.09. The lowest BCUT2D eigenvalue weighted by atomic mass is 10.2. The highest BCUT2D eigenvalue weighted by Gasteiger charge is 2.21. The predicted molar refractivity (Wildman–Crippen MR) is 95.8 cm³/mol. The molecule has 1 heterocycles. The van der Waals surface area contributed by atoms with E-state index in [0.717, 1.165) is 18.8 Å². The van der Waals surface area contributed by atoms with Gasteiger partial charge >= 0.3 is 0 Å². The number of rotatable bonds is 7. The normalized spacial score (nSPS) is 15.3. The second-order valence-corrected chi connectivity index (χ2v) is 5.71. The third-order valence-corrected chi connectivity index (χ3v) is 4.03. The van der Waals surface area contributed by atoms with Crippen LogP contribution in [0.4, 0.5) is 5.69 Å². The number of hydrogen-bond donors (Lipinski definition) is 4. The molecule has 0 radical (unpaired) electrons. The van der Waals surface area contributed by atoms with Crippen molar-refractivity contribution in [1.82, 2.24) is 15.1 Å². The molecule has 2 amide bonds. The summed E-state index contributed by atoms with van der Waals surface area (Å²) >= 11 is 0. The minimum absolute atomic E-state index is 0.0191. The zero-order valence-electron chi connectivity index (χ0n) is 14.1. The van der Waals surface area contributed by atoms with Gasteiger partial charge in [0.15, 0.2) is 0 Å². The van der Waals surface area contributed by atoms with E-state index < -0.39 is 0 Å². The molecule has 0 saturated carbocycles. The Bertz CT molecular complexity index is 595. The maximum Gasteiger partial charge on any atom is 0.251 e. The number of benzene rings is 1. The molecule has 0 spiro atoms. The number of hydrogen-bond acceptors (Lipinski definition) is 6. The molecule has 8 heteroatoms. The average Bonchev–Trinajstić information content (AvgIpc) is 2.65. The molecule has 1 saturated heterocycles. The van der Waals surface area contributed by atoms with Crippen LogP contribution in [0.25, 0.3) is 0 Å². The molecule has 25 heavy (non-hydrogen) atoms. The Balaban J connectivity index is 1.76. The SMILES string of the molecule is N/C=C\Nc1ccc(C(=O)NCC(=O)N2CCN(CCO)CC2)cc1. The molecule has 136 valence electrons. The van der Waals surface area contributed by atoms with Crippen molar-refractivity contribution in [2.24, 2.45) is 5.73 Å². The van der Waals surface area contributed by atoms with Gasteiger partial charge in [-0.15, -0.1) is 0 Å². The van der Waals surface area contributed by atoms with Crippen LogP contribution >= 0.6 is 0 Å². The van der Waals surface area contributed by atoms with Crippen LogP contribution < -0.4 is 16.4 Å². The number of nitrogens with one attached hydrogen (secondary N) is 2. The number of amides is 2. The van der Waals surface area contributed by atoms with Crippen LogP contribution in [0.1, 0.15) is 10.4 Å². The van der Waals surface area contributed by atoms with Gasteiger partial charge in [-0.25, -0.2) is 0 Å². The maximum atomic E-state index is 12.2. The van der Waals surface area contributed by atoms with Gasteiger partial charge in [0.2, 0.25) is 5.91 Å². The summed E-state index contributed by atoms with van der Waals surface area (Å²) in [5.41, 5.74) is 6.55. The van der Waals surface area contributed by atoms with Crippen LogP contribution in [0.3, 0.4) is 0 Å². The molecule has 1 fully saturated rings. The van der Waals surface area contributed by atoms with Gasteiger partial charge in [0.1, 0.15) is 0 Å². The Morgan fingerprint density at radius 3 is 2.44 bits per heavy atom. The summed E-state index contributed by atoms with van der Waals surface area (Å²) in [7, 11) is 0. The number of nitrogens with zero attached hydrogens (tertiary/aromatic N) is 2. The lowest BCUT2D eigenvalue weighted by Gasteiger charge is -2.34. The average molecular weight is 347 g/mol. The number of β-amino-alcohol motifs (C(OH)–C–C–N with tert-alkyl or cyclic N) is 1. The lowest BCUT2D eigenvalue weighted by Crippen LogP contribution is -2.51. The highest BCUT2D eigenvalue weighted by atomic mass is 16.3. The molecule has 0 bridgehead atoms. The fourth-order valence-corrected chi connectivity index (χ4v) is 2.59. The largest absolute Gasteiger partial charge is 0.403 e. The van der Waals surface area contributed by atoms with E-state index in [1.54, 1.807) is 35.4 Å². The van der Waals surface area contributed by atoms with E-state index in [1.165, 1.54) is 6.20 Å². The quantitative estimate of drug-likeness (QED) is 0.524. The lowest BCUT2D eigenvalue weighted by molar-refractivity contribution is -0.131. The molecule has 0 aromatic heterocycles. The van der Waals surface area contributed by atoms with Gasteiger partial charge < -0.3 is 26.4 Å². The zero-order chi connectivity index (χ0) is 18.1. The fraction of sp³-hybridized carbons (Fsp3) is 0.412. The molecular formula is C17H25N5O3. The van der Waals surface area contributed by atoms with E-state index in [4.69, 9.17) is 10.8 Å². The molecule has 1 aromatic carbocycles. The third-order valence-electron chi connectivity index (χ3n) is 4.03. The van der Waals surface area contributed by atoms with Gasteiger partial charge in [-0.3, -0.25) is 14.5 Å². The van der Waals surface area contributed by atoms with Crippen molar-refractivity contribution in [2.45, 2.75) is 0 Å². The van der Waals surface area contributed by atoms with Gasteiger partial charge in [-0.05, 0) is 24.3 Å². The Hall–Kier alpha value is -2.58. The smallest absolute Gasteiger partial charge is 0.251 e. The molecule has 1 aliphatic heterocycles. The summed E-state index contributed by atoms with van der Waals surface area (Å²) in [6, 6.07) is 6.88. The number of carbonyl (C=O) groups excluding carboxylic acids is 2. The van der Waals surface area contributed by atoms with Gasteiger partial charge in [-0.1, -0.05) is 0 Å². The van der Waals surface area contributed by atoms with Crippen molar-refractivity contribution < 1.29 is 14.7 Å². The van der Waals surface area contributed by atoms with Gasteiger partial charge in [0, 0.05) is 56.4 Å². The van der Waals surface area contributed by atoms with Crippen LogP contribution in [0, 0.1) is 0 Å². The minimum atomic E-state index is -0.284. The van der Waals surface area contributed by atoms with Gasteiger partial charge in [0.25, 0.3) is 5.91 Å². The van der Waals surface area contributed by atoms with E-state index in [9.17, 15) is 9.59 Å². The second kappa shape index (κ2) is 9.65. The first kappa shape index (κ1) is 18.8. The first-order valence-corrected chi connectivity index (χ1v) is 8.26. The van der Waals surface area contributed by atoms with E-state index in [1.807, 2.05) is 0 Å². The first-order valence-electron chi connectivity index (χ1n) is 8.26. The summed E-state index contributed by atoms with van der Waals surface area (Å²) in [6.07, 6.45) is 2.98. The zero-order valence-corrected chi connectivity index (χ0v) is 14.1. The van der Waals surface area contributed by atoms with E-state index in [-0.39, 0.29) is 25.0 Å². The highest BCUT2D eigenvalue weighted by molar-refractivity contribution is 5.96. The Morgan fingerprint density at radius 1 is 1.16 bits per heavy atom. The number of piperazine rings is 1. The van der Waals surface area contributed by atoms with Crippen LogP contribution in [0.2, 0.25) is 0 Å². The summed E-state index contributed by atoms with van der Waals surface area (Å²) in [5.74, 6) is -0.378. The minimum Gasteiger partial charge on any atom is -0.403 e. The Morgan fingerprint density at radius 2 is 1.84 bits per heavy atom. The van der Waals surface area contributed by atoms with Crippen molar-refractivity contribution >= 4 is 17.5 Å². The number of carbonyl (C=O) groups is 2. The van der Waals surface area contributed by atoms with Gasteiger partial charge in [-0.2, -0.15) is 0 Å². The van der Waals surface area contributed by atoms with Crippen LogP contribution in [0.15, 0.2) is 36.7 Å². The molecule has 1 aromatic rings. The number of aliphatic hydroxyl groups excluding tert-OH is 1. The van der Waals surface area contributed by atoms with E-state index in [2.05, 4.69) is 15.5 Å².